The minimum atomic E-state index is 0.171. The van der Waals surface area contributed by atoms with E-state index in [9.17, 15) is 5.26 Å². The van der Waals surface area contributed by atoms with Crippen LogP contribution in [0.25, 0.3) is 32.3 Å². The number of hydrogen-bond acceptors (Lipinski definition) is 2. The van der Waals surface area contributed by atoms with E-state index < -0.39 is 0 Å². The van der Waals surface area contributed by atoms with Crippen LogP contribution in [0.1, 0.15) is 5.56 Å². The molecule has 0 aliphatic carbocycles. The van der Waals surface area contributed by atoms with Crippen LogP contribution in [-0.4, -0.2) is 13.8 Å². The van der Waals surface area contributed by atoms with E-state index >= 15 is 0 Å². The van der Waals surface area contributed by atoms with E-state index in [1.165, 1.54) is 54.7 Å². The molecule has 33 heavy (non-hydrogen) atoms. The Hall–Kier alpha value is -4.29. The van der Waals surface area contributed by atoms with Gasteiger partial charge in [-0.15, -0.1) is 0 Å². The second kappa shape index (κ2) is 6.61. The molecule has 0 atom stereocenters. The van der Waals surface area contributed by atoms with Crippen molar-refractivity contribution < 1.29 is 0 Å². The minimum Gasteiger partial charge on any atom is -0.345 e. The first-order valence-corrected chi connectivity index (χ1v) is 11.3. The molecule has 1 aliphatic heterocycles. The minimum absolute atomic E-state index is 0.171. The Bertz CT molecular complexity index is 1750. The van der Waals surface area contributed by atoms with Crippen molar-refractivity contribution in [3.8, 4) is 6.07 Å². The molecule has 0 aromatic heterocycles. The number of hydrogen-bond donors (Lipinski definition) is 0. The highest BCUT2D eigenvalue weighted by Gasteiger charge is 2.34. The summed E-state index contributed by atoms with van der Waals surface area (Å²) < 4.78 is 0. The second-order valence-electron chi connectivity index (χ2n) is 8.92. The monoisotopic (exact) mass is 418 g/mol. The lowest BCUT2D eigenvalue weighted by atomic mass is 9.35. The summed E-state index contributed by atoms with van der Waals surface area (Å²) in [6, 6.07) is 37.1. The van der Waals surface area contributed by atoms with E-state index in [4.69, 9.17) is 0 Å². The predicted octanol–water partition coefficient (Wildman–Crippen LogP) is 5.05. The van der Waals surface area contributed by atoms with Gasteiger partial charge >= 0.3 is 0 Å². The van der Waals surface area contributed by atoms with Gasteiger partial charge in [-0.1, -0.05) is 90.4 Å². The van der Waals surface area contributed by atoms with Crippen molar-refractivity contribution in [2.45, 2.75) is 0 Å². The lowest BCUT2D eigenvalue weighted by Gasteiger charge is -2.36. The van der Waals surface area contributed by atoms with Crippen molar-refractivity contribution in [1.29, 1.82) is 5.26 Å². The van der Waals surface area contributed by atoms with Crippen LogP contribution in [0.3, 0.4) is 0 Å². The molecule has 0 saturated carbocycles. The molecular formula is C30H19BN2. The fraction of sp³-hybridized carbons (Fsp3) is 0.0333. The molecule has 152 valence electrons. The highest BCUT2D eigenvalue weighted by molar-refractivity contribution is 6.98. The summed E-state index contributed by atoms with van der Waals surface area (Å²) in [5.74, 6) is 0. The van der Waals surface area contributed by atoms with Gasteiger partial charge in [-0.3, -0.25) is 0 Å². The maximum absolute atomic E-state index is 9.71. The molecule has 0 spiro atoms. The van der Waals surface area contributed by atoms with Gasteiger partial charge in [0, 0.05) is 29.2 Å². The first kappa shape index (κ1) is 18.3. The van der Waals surface area contributed by atoms with Gasteiger partial charge in [0.15, 0.2) is 0 Å². The van der Waals surface area contributed by atoms with Crippen LogP contribution in [0.2, 0.25) is 0 Å². The topological polar surface area (TPSA) is 27.0 Å². The number of nitriles is 1. The summed E-state index contributed by atoms with van der Waals surface area (Å²) in [4.78, 5) is 2.35. The zero-order valence-corrected chi connectivity index (χ0v) is 18.2. The number of nitrogens with zero attached hydrogens (tertiary/aromatic N) is 2. The van der Waals surface area contributed by atoms with Crippen LogP contribution >= 0.6 is 0 Å². The van der Waals surface area contributed by atoms with Gasteiger partial charge in [-0.2, -0.15) is 5.26 Å². The Morgan fingerprint density at radius 1 is 0.697 bits per heavy atom. The van der Waals surface area contributed by atoms with Crippen molar-refractivity contribution in [2.24, 2.45) is 0 Å². The lowest BCUT2D eigenvalue weighted by Crippen LogP contribution is -2.57. The summed E-state index contributed by atoms with van der Waals surface area (Å²) in [5.41, 5.74) is 7.19. The molecule has 2 nitrogen and oxygen atoms in total. The Kier molecular flexibility index (Phi) is 3.66. The van der Waals surface area contributed by atoms with Crippen LogP contribution in [0.5, 0.6) is 0 Å². The van der Waals surface area contributed by atoms with Gasteiger partial charge in [0.25, 0.3) is 0 Å². The Morgan fingerprint density at radius 2 is 1.39 bits per heavy atom. The molecule has 0 fully saturated rings. The molecule has 1 heterocycles. The van der Waals surface area contributed by atoms with Crippen LogP contribution in [0.4, 0.5) is 11.4 Å². The molecule has 6 aromatic carbocycles. The Balaban J connectivity index is 1.66. The summed E-state index contributed by atoms with van der Waals surface area (Å²) >= 11 is 0. The highest BCUT2D eigenvalue weighted by Crippen LogP contribution is 2.41. The first-order chi connectivity index (χ1) is 16.3. The third-order valence-corrected chi connectivity index (χ3v) is 7.29. The van der Waals surface area contributed by atoms with E-state index in [0.717, 1.165) is 10.9 Å². The van der Waals surface area contributed by atoms with Crippen molar-refractivity contribution in [3.63, 3.8) is 0 Å². The van der Waals surface area contributed by atoms with E-state index in [1.54, 1.807) is 0 Å². The molecule has 0 saturated heterocycles. The zero-order valence-electron chi connectivity index (χ0n) is 18.2. The van der Waals surface area contributed by atoms with Gasteiger partial charge in [0.05, 0.1) is 11.6 Å². The highest BCUT2D eigenvalue weighted by atomic mass is 15.1. The Morgan fingerprint density at radius 3 is 2.24 bits per heavy atom. The fourth-order valence-electron chi connectivity index (χ4n) is 5.91. The van der Waals surface area contributed by atoms with Crippen molar-refractivity contribution in [3.05, 3.63) is 103 Å². The Labute approximate surface area is 192 Å². The van der Waals surface area contributed by atoms with E-state index in [1.807, 2.05) is 6.07 Å². The smallest absolute Gasteiger partial charge is 0.246 e. The predicted molar refractivity (Wildman–Crippen MR) is 140 cm³/mol. The summed E-state index contributed by atoms with van der Waals surface area (Å²) in [5, 5.41) is 16.8. The molecule has 6 aromatic rings. The molecule has 1 aliphatic rings. The molecule has 0 N–H and O–H groups in total. The number of rotatable bonds is 1. The van der Waals surface area contributed by atoms with Gasteiger partial charge in [0.2, 0.25) is 6.71 Å². The summed E-state index contributed by atoms with van der Waals surface area (Å²) in [7, 11) is 2.18. The number of para-hydroxylation sites is 1. The average Bonchev–Trinajstić information content (AvgIpc) is 2.87. The van der Waals surface area contributed by atoms with Crippen LogP contribution in [-0.2, 0) is 0 Å². The van der Waals surface area contributed by atoms with Crippen LogP contribution in [0.15, 0.2) is 97.1 Å². The van der Waals surface area contributed by atoms with Crippen LogP contribution in [0, 0.1) is 11.3 Å². The number of anilines is 2. The largest absolute Gasteiger partial charge is 0.345 e. The maximum atomic E-state index is 9.71. The molecule has 0 bridgehead atoms. The normalized spacial score (nSPS) is 12.8. The molecule has 0 amide bonds. The first-order valence-electron chi connectivity index (χ1n) is 11.3. The average molecular weight is 418 g/mol. The van der Waals surface area contributed by atoms with Crippen molar-refractivity contribution in [2.75, 3.05) is 11.9 Å². The number of fused-ring (bicyclic) bond motifs is 3. The van der Waals surface area contributed by atoms with E-state index in [2.05, 4.69) is 109 Å². The summed E-state index contributed by atoms with van der Waals surface area (Å²) in [6.45, 7) is 0.171. The van der Waals surface area contributed by atoms with E-state index in [0.29, 0.717) is 0 Å². The SMILES string of the molecule is CN1c2ccccc2B(c2ccccc2)c2cc3ccc4c(C#N)ccc5ccc(c21)c3c54. The van der Waals surface area contributed by atoms with Crippen LogP contribution < -0.4 is 21.3 Å². The molecule has 3 heteroatoms. The molecular weight excluding hydrogens is 399 g/mol. The summed E-state index contributed by atoms with van der Waals surface area (Å²) in [6.07, 6.45) is 0. The lowest BCUT2D eigenvalue weighted by molar-refractivity contribution is 1.23. The van der Waals surface area contributed by atoms with Gasteiger partial charge < -0.3 is 4.90 Å². The number of benzene rings is 6. The quantitative estimate of drug-likeness (QED) is 0.276. The van der Waals surface area contributed by atoms with Gasteiger partial charge in [-0.05, 0) is 44.6 Å². The standard InChI is InChI=1S/C30H19BN2/c1-33-27-10-6-5-9-25(27)31(22-7-3-2-4-8-22)26-17-20-14-15-23-21(18-32)12-11-19-13-16-24(30(26)33)29(20)28(19)23/h2-17H,1H3. The third-order valence-electron chi connectivity index (χ3n) is 7.29. The van der Waals surface area contributed by atoms with Crippen molar-refractivity contribution in [1.82, 2.24) is 0 Å². The molecule has 0 radical (unpaired) electrons. The maximum Gasteiger partial charge on any atom is 0.246 e. The fourth-order valence-corrected chi connectivity index (χ4v) is 5.91. The van der Waals surface area contributed by atoms with Gasteiger partial charge in [-0.25, -0.2) is 0 Å². The molecule has 7 rings (SSSR count). The van der Waals surface area contributed by atoms with E-state index in [-0.39, 0.29) is 6.71 Å². The zero-order chi connectivity index (χ0) is 22.1. The van der Waals surface area contributed by atoms with Gasteiger partial charge in [0.1, 0.15) is 0 Å². The third kappa shape index (κ3) is 2.38. The second-order valence-corrected chi connectivity index (χ2v) is 8.92. The van der Waals surface area contributed by atoms with Crippen molar-refractivity contribution >= 4 is 66.8 Å². The molecule has 0 unspecified atom stereocenters.